The number of benzene rings is 1. The number of carbonyl (C=O) groups is 1. The van der Waals surface area contributed by atoms with Gasteiger partial charge >= 0.3 is 13.2 Å². The number of hydrogen-bond donors (Lipinski definition) is 1. The molecule has 1 aromatic carbocycles. The van der Waals surface area contributed by atoms with Gasteiger partial charge in [0.05, 0.1) is 28.6 Å². The minimum atomic E-state index is -0.513. The number of nitrogens with one attached hydrogen (secondary N) is 1. The van der Waals surface area contributed by atoms with Gasteiger partial charge in [-0.05, 0) is 85.2 Å². The molecule has 3 heterocycles. The first kappa shape index (κ1) is 23.4. The van der Waals surface area contributed by atoms with Crippen molar-refractivity contribution in [2.45, 2.75) is 97.0 Å². The number of imidazole rings is 1. The molecule has 2 saturated heterocycles. The molecule has 0 spiro atoms. The fourth-order valence-electron chi connectivity index (χ4n) is 5.02. The molecular formula is C26H36BN3O4. The Labute approximate surface area is 202 Å². The highest BCUT2D eigenvalue weighted by Crippen LogP contribution is 2.39. The van der Waals surface area contributed by atoms with Crippen molar-refractivity contribution in [1.82, 2.24) is 14.9 Å². The molecule has 0 radical (unpaired) electrons. The van der Waals surface area contributed by atoms with Crippen molar-refractivity contribution in [2.24, 2.45) is 0 Å². The first-order valence-corrected chi connectivity index (χ1v) is 12.4. The summed E-state index contributed by atoms with van der Waals surface area (Å²) in [6, 6.07) is 6.38. The van der Waals surface area contributed by atoms with Gasteiger partial charge in [0.15, 0.2) is 0 Å². The van der Waals surface area contributed by atoms with E-state index in [0.717, 1.165) is 48.4 Å². The predicted molar refractivity (Wildman–Crippen MR) is 132 cm³/mol. The third-order valence-corrected chi connectivity index (χ3v) is 7.55. The molecule has 0 bridgehead atoms. The highest BCUT2D eigenvalue weighted by Gasteiger charge is 2.51. The van der Waals surface area contributed by atoms with E-state index in [2.05, 4.69) is 50.9 Å². The molecule has 2 fully saturated rings. The van der Waals surface area contributed by atoms with E-state index in [0.29, 0.717) is 6.54 Å². The Bertz CT molecular complexity index is 1100. The Hall–Kier alpha value is -2.32. The van der Waals surface area contributed by atoms with E-state index in [1.165, 1.54) is 11.1 Å². The molecule has 1 aromatic heterocycles. The topological polar surface area (TPSA) is 76.7 Å². The Morgan fingerprint density at radius 3 is 2.56 bits per heavy atom. The van der Waals surface area contributed by atoms with Crippen LogP contribution in [-0.4, -0.2) is 51.4 Å². The van der Waals surface area contributed by atoms with Crippen molar-refractivity contribution in [3.05, 3.63) is 35.3 Å². The Morgan fingerprint density at radius 1 is 1.18 bits per heavy atom. The predicted octanol–water partition coefficient (Wildman–Crippen LogP) is 4.55. The fourth-order valence-corrected chi connectivity index (χ4v) is 5.02. The van der Waals surface area contributed by atoms with Gasteiger partial charge in [0.2, 0.25) is 0 Å². The van der Waals surface area contributed by atoms with Crippen LogP contribution in [0.1, 0.15) is 84.4 Å². The van der Waals surface area contributed by atoms with Crippen molar-refractivity contribution in [3.8, 4) is 11.3 Å². The summed E-state index contributed by atoms with van der Waals surface area (Å²) >= 11 is 0. The van der Waals surface area contributed by atoms with Crippen molar-refractivity contribution >= 4 is 18.7 Å². The van der Waals surface area contributed by atoms with E-state index < -0.39 is 5.60 Å². The first-order valence-electron chi connectivity index (χ1n) is 12.4. The lowest BCUT2D eigenvalue weighted by Gasteiger charge is -2.32. The van der Waals surface area contributed by atoms with Crippen LogP contribution in [0.15, 0.2) is 18.2 Å². The number of aromatic nitrogens is 2. The van der Waals surface area contributed by atoms with Crippen LogP contribution in [0.4, 0.5) is 4.79 Å². The van der Waals surface area contributed by atoms with Crippen molar-refractivity contribution < 1.29 is 18.8 Å². The van der Waals surface area contributed by atoms with Crippen LogP contribution in [0.5, 0.6) is 0 Å². The number of carbonyl (C=O) groups excluding carboxylic acids is 1. The van der Waals surface area contributed by atoms with Crippen LogP contribution in [0, 0.1) is 0 Å². The summed E-state index contributed by atoms with van der Waals surface area (Å²) in [4.78, 5) is 23.1. The third-order valence-electron chi connectivity index (χ3n) is 7.55. The standard InChI is InChI=1S/C26H36BN3O4/c1-24(2,3)32-23(31)30-14-8-9-20(30)22-28-19-13-10-16-15-17(11-12-18(16)21(19)29-22)27-33-25(4,5)26(6,7)34-27/h11-12,15,20H,8-10,13-14H2,1-7H3,(H,28,29)/t20-/m0/s1. The molecule has 7 nitrogen and oxygen atoms in total. The van der Waals surface area contributed by atoms with Crippen molar-refractivity contribution in [3.63, 3.8) is 0 Å². The molecular weight excluding hydrogens is 429 g/mol. The molecule has 5 rings (SSSR count). The second-order valence-corrected chi connectivity index (χ2v) is 11.8. The van der Waals surface area contributed by atoms with Gasteiger partial charge in [-0.15, -0.1) is 0 Å². The number of hydrogen-bond acceptors (Lipinski definition) is 5. The molecule has 3 aliphatic rings. The van der Waals surface area contributed by atoms with Gasteiger partial charge in [-0.1, -0.05) is 18.2 Å². The number of ether oxygens (including phenoxy) is 1. The number of aryl methyl sites for hydroxylation is 2. The van der Waals surface area contributed by atoms with E-state index in [-0.39, 0.29) is 30.5 Å². The van der Waals surface area contributed by atoms with Crippen LogP contribution in [-0.2, 0) is 26.9 Å². The minimum Gasteiger partial charge on any atom is -0.444 e. The highest BCUT2D eigenvalue weighted by molar-refractivity contribution is 6.62. The van der Waals surface area contributed by atoms with Gasteiger partial charge in [0, 0.05) is 12.1 Å². The summed E-state index contributed by atoms with van der Waals surface area (Å²) in [5.74, 6) is 0.858. The summed E-state index contributed by atoms with van der Waals surface area (Å²) < 4.78 is 18.2. The quantitative estimate of drug-likeness (QED) is 0.659. The fraction of sp³-hybridized carbons (Fsp3) is 0.615. The number of rotatable bonds is 2. The molecule has 34 heavy (non-hydrogen) atoms. The van der Waals surface area contributed by atoms with Crippen molar-refractivity contribution in [2.75, 3.05) is 6.54 Å². The normalized spacial score (nSPS) is 23.1. The summed E-state index contributed by atoms with van der Waals surface area (Å²) in [5.41, 5.74) is 4.38. The second kappa shape index (κ2) is 7.85. The van der Waals surface area contributed by atoms with Crippen LogP contribution < -0.4 is 5.46 Å². The van der Waals surface area contributed by atoms with Gasteiger partial charge in [-0.3, -0.25) is 4.90 Å². The lowest BCUT2D eigenvalue weighted by atomic mass is 9.76. The van der Waals surface area contributed by atoms with Crippen LogP contribution >= 0.6 is 0 Å². The zero-order chi connectivity index (χ0) is 24.5. The maximum atomic E-state index is 12.8. The maximum absolute atomic E-state index is 12.8. The maximum Gasteiger partial charge on any atom is 0.494 e. The third kappa shape index (κ3) is 4.05. The molecule has 1 aliphatic carbocycles. The molecule has 1 atom stereocenters. The summed E-state index contributed by atoms with van der Waals surface area (Å²) in [7, 11) is -0.366. The van der Waals surface area contributed by atoms with E-state index in [4.69, 9.17) is 19.0 Å². The minimum absolute atomic E-state index is 0.0760. The van der Waals surface area contributed by atoms with Crippen molar-refractivity contribution in [1.29, 1.82) is 0 Å². The second-order valence-electron chi connectivity index (χ2n) is 11.8. The highest BCUT2D eigenvalue weighted by atomic mass is 16.7. The van der Waals surface area contributed by atoms with Gasteiger partial charge in [-0.25, -0.2) is 9.78 Å². The number of H-pyrrole nitrogens is 1. The Morgan fingerprint density at radius 2 is 1.88 bits per heavy atom. The van der Waals surface area contributed by atoms with E-state index in [1.54, 1.807) is 0 Å². The van der Waals surface area contributed by atoms with Gasteiger partial charge in [0.25, 0.3) is 0 Å². The lowest BCUT2D eigenvalue weighted by molar-refractivity contribution is 0.00578. The number of fused-ring (bicyclic) bond motifs is 3. The average molecular weight is 465 g/mol. The Kier molecular flexibility index (Phi) is 5.41. The molecule has 2 aliphatic heterocycles. The zero-order valence-corrected chi connectivity index (χ0v) is 21.4. The number of amides is 1. The van der Waals surface area contributed by atoms with Crippen LogP contribution in [0.25, 0.3) is 11.3 Å². The average Bonchev–Trinajstić information content (AvgIpc) is 3.42. The Balaban J connectivity index is 1.40. The number of nitrogens with zero attached hydrogens (tertiary/aromatic N) is 2. The molecule has 0 saturated carbocycles. The summed E-state index contributed by atoms with van der Waals surface area (Å²) in [6.45, 7) is 14.7. The van der Waals surface area contributed by atoms with Gasteiger partial charge in [-0.2, -0.15) is 0 Å². The molecule has 1 N–H and O–H groups in total. The van der Waals surface area contributed by atoms with Gasteiger partial charge < -0.3 is 19.0 Å². The van der Waals surface area contributed by atoms with Gasteiger partial charge in [0.1, 0.15) is 11.4 Å². The number of aromatic amines is 1. The van der Waals surface area contributed by atoms with E-state index >= 15 is 0 Å². The molecule has 0 unspecified atom stereocenters. The monoisotopic (exact) mass is 465 g/mol. The molecule has 1 amide bonds. The lowest BCUT2D eigenvalue weighted by Crippen LogP contribution is -2.41. The largest absolute Gasteiger partial charge is 0.494 e. The zero-order valence-electron chi connectivity index (χ0n) is 21.4. The SMILES string of the molecule is CC(C)(C)OC(=O)N1CCC[C@H]1c1nc2c([nH]1)-c1ccc(B3OC(C)(C)C(C)(C)O3)cc1CC2. The van der Waals surface area contributed by atoms with E-state index in [1.807, 2.05) is 25.7 Å². The smallest absolute Gasteiger partial charge is 0.444 e. The summed E-state index contributed by atoms with van der Waals surface area (Å²) in [5, 5.41) is 0. The van der Waals surface area contributed by atoms with E-state index in [9.17, 15) is 4.79 Å². The molecule has 182 valence electrons. The summed E-state index contributed by atoms with van der Waals surface area (Å²) in [6.07, 6.45) is 3.35. The number of likely N-dealkylation sites (tertiary alicyclic amines) is 1. The first-order chi connectivity index (χ1) is 15.8. The van der Waals surface area contributed by atoms with Crippen LogP contribution in [0.2, 0.25) is 0 Å². The molecule has 2 aromatic rings. The van der Waals surface area contributed by atoms with Crippen LogP contribution in [0.3, 0.4) is 0 Å². The molecule has 8 heteroatoms.